The SMILES string of the molecule is CN[C@@H](CCC(=O)NCCCN1C(=O)C[C@@H](C)C1=O)C(=O)CCCCN1C(=O)C[C@@H](C)C1=O. The molecule has 2 heterocycles. The van der Waals surface area contributed by atoms with Crippen molar-refractivity contribution in [3.8, 4) is 0 Å². The lowest BCUT2D eigenvalue weighted by Gasteiger charge is -2.17. The van der Waals surface area contributed by atoms with Gasteiger partial charge < -0.3 is 10.6 Å². The molecule has 3 atom stereocenters. The fourth-order valence-electron chi connectivity index (χ4n) is 4.21. The van der Waals surface area contributed by atoms with Crippen LogP contribution in [0.25, 0.3) is 0 Å². The molecule has 2 fully saturated rings. The average Bonchev–Trinajstić information content (AvgIpc) is 3.16. The molecule has 2 N–H and O–H groups in total. The molecule has 33 heavy (non-hydrogen) atoms. The second-order valence-electron chi connectivity index (χ2n) is 8.98. The van der Waals surface area contributed by atoms with Crippen molar-refractivity contribution in [2.45, 2.75) is 71.3 Å². The summed E-state index contributed by atoms with van der Waals surface area (Å²) in [4.78, 5) is 74.4. The lowest BCUT2D eigenvalue weighted by molar-refractivity contribution is -0.140. The predicted molar refractivity (Wildman–Crippen MR) is 120 cm³/mol. The van der Waals surface area contributed by atoms with Crippen molar-refractivity contribution in [1.29, 1.82) is 0 Å². The maximum atomic E-state index is 12.4. The first-order chi connectivity index (χ1) is 15.6. The quantitative estimate of drug-likeness (QED) is 0.281. The number of imide groups is 2. The van der Waals surface area contributed by atoms with Gasteiger partial charge in [0, 0.05) is 57.2 Å². The molecule has 184 valence electrons. The van der Waals surface area contributed by atoms with E-state index in [1.165, 1.54) is 9.80 Å². The molecular weight excluding hydrogens is 428 g/mol. The number of unbranched alkanes of at least 4 members (excludes halogenated alkanes) is 1. The van der Waals surface area contributed by atoms with Crippen LogP contribution in [-0.4, -0.2) is 77.8 Å². The van der Waals surface area contributed by atoms with Crippen molar-refractivity contribution >= 4 is 35.3 Å². The minimum absolute atomic E-state index is 0.00192. The van der Waals surface area contributed by atoms with Gasteiger partial charge in [0.2, 0.25) is 29.5 Å². The molecule has 0 radical (unpaired) electrons. The summed E-state index contributed by atoms with van der Waals surface area (Å²) in [6.45, 7) is 4.47. The van der Waals surface area contributed by atoms with Crippen LogP contribution in [0.4, 0.5) is 0 Å². The van der Waals surface area contributed by atoms with Gasteiger partial charge in [-0.05, 0) is 32.7 Å². The molecule has 0 unspecified atom stereocenters. The van der Waals surface area contributed by atoms with Gasteiger partial charge >= 0.3 is 0 Å². The zero-order valence-electron chi connectivity index (χ0n) is 19.9. The second kappa shape index (κ2) is 12.6. The molecular formula is C23H36N4O6. The summed E-state index contributed by atoms with van der Waals surface area (Å²) in [6, 6.07) is -0.438. The molecule has 5 amide bonds. The Balaban J connectivity index is 1.59. The Bertz CT molecular complexity index is 783. The van der Waals surface area contributed by atoms with Crippen molar-refractivity contribution in [2.75, 3.05) is 26.7 Å². The van der Waals surface area contributed by atoms with Gasteiger partial charge in [-0.15, -0.1) is 0 Å². The van der Waals surface area contributed by atoms with E-state index in [9.17, 15) is 28.8 Å². The van der Waals surface area contributed by atoms with E-state index in [1.54, 1.807) is 20.9 Å². The third kappa shape index (κ3) is 7.45. The molecule has 2 rings (SSSR count). The van der Waals surface area contributed by atoms with E-state index in [1.807, 2.05) is 0 Å². The van der Waals surface area contributed by atoms with Crippen molar-refractivity contribution in [2.24, 2.45) is 11.8 Å². The molecule has 0 aromatic heterocycles. The second-order valence-corrected chi connectivity index (χ2v) is 8.98. The fourth-order valence-corrected chi connectivity index (χ4v) is 4.21. The van der Waals surface area contributed by atoms with Gasteiger partial charge in [0.15, 0.2) is 0 Å². The number of nitrogens with zero attached hydrogens (tertiary/aromatic N) is 2. The minimum Gasteiger partial charge on any atom is -0.356 e. The van der Waals surface area contributed by atoms with E-state index in [0.717, 1.165) is 0 Å². The Labute approximate surface area is 194 Å². The molecule has 0 aromatic rings. The number of rotatable bonds is 14. The number of likely N-dealkylation sites (tertiary alicyclic amines) is 2. The number of ketones is 1. The normalized spacial score (nSPS) is 21.8. The van der Waals surface area contributed by atoms with Crippen LogP contribution in [0.1, 0.15) is 65.2 Å². The summed E-state index contributed by atoms with van der Waals surface area (Å²) in [5.74, 6) is -1.32. The number of amides is 5. The lowest BCUT2D eigenvalue weighted by Crippen LogP contribution is -2.37. The summed E-state index contributed by atoms with van der Waals surface area (Å²) in [7, 11) is 1.68. The Morgan fingerprint density at radius 3 is 1.91 bits per heavy atom. The first-order valence-corrected chi connectivity index (χ1v) is 11.8. The molecule has 2 aliphatic heterocycles. The highest BCUT2D eigenvalue weighted by Gasteiger charge is 2.35. The Hall–Kier alpha value is -2.62. The third-order valence-corrected chi connectivity index (χ3v) is 6.27. The number of carbonyl (C=O) groups is 6. The van der Waals surface area contributed by atoms with Gasteiger partial charge in [-0.1, -0.05) is 13.8 Å². The highest BCUT2D eigenvalue weighted by Crippen LogP contribution is 2.20. The number of carbonyl (C=O) groups excluding carboxylic acids is 6. The summed E-state index contributed by atoms with van der Waals surface area (Å²) >= 11 is 0. The summed E-state index contributed by atoms with van der Waals surface area (Å²) in [5, 5.41) is 5.71. The topological polar surface area (TPSA) is 133 Å². The zero-order valence-corrected chi connectivity index (χ0v) is 19.9. The van der Waals surface area contributed by atoms with E-state index in [4.69, 9.17) is 0 Å². The first-order valence-electron chi connectivity index (χ1n) is 11.8. The molecule has 2 aliphatic rings. The van der Waals surface area contributed by atoms with Crippen molar-refractivity contribution in [3.63, 3.8) is 0 Å². The molecule has 0 aromatic carbocycles. The maximum Gasteiger partial charge on any atom is 0.232 e. The Morgan fingerprint density at radius 2 is 1.42 bits per heavy atom. The zero-order chi connectivity index (χ0) is 24.5. The monoisotopic (exact) mass is 464 g/mol. The summed E-state index contributed by atoms with van der Waals surface area (Å²) in [5.41, 5.74) is 0. The van der Waals surface area contributed by atoms with Gasteiger partial charge in [-0.25, -0.2) is 0 Å². The average molecular weight is 465 g/mol. The van der Waals surface area contributed by atoms with Crippen LogP contribution < -0.4 is 10.6 Å². The highest BCUT2D eigenvalue weighted by molar-refractivity contribution is 6.03. The highest BCUT2D eigenvalue weighted by atomic mass is 16.2. The Morgan fingerprint density at radius 1 is 0.879 bits per heavy atom. The number of nitrogens with one attached hydrogen (secondary N) is 2. The molecule has 10 heteroatoms. The van der Waals surface area contributed by atoms with Crippen LogP contribution in [0.15, 0.2) is 0 Å². The number of hydrogen-bond donors (Lipinski definition) is 2. The summed E-state index contributed by atoms with van der Waals surface area (Å²) < 4.78 is 0. The van der Waals surface area contributed by atoms with Gasteiger partial charge in [-0.2, -0.15) is 0 Å². The van der Waals surface area contributed by atoms with Crippen LogP contribution in [0.5, 0.6) is 0 Å². The van der Waals surface area contributed by atoms with Gasteiger partial charge in [0.25, 0.3) is 0 Å². The lowest BCUT2D eigenvalue weighted by atomic mass is 10.0. The smallest absolute Gasteiger partial charge is 0.232 e. The van der Waals surface area contributed by atoms with Crippen LogP contribution in [0.2, 0.25) is 0 Å². The van der Waals surface area contributed by atoms with Crippen LogP contribution in [0, 0.1) is 11.8 Å². The molecule has 10 nitrogen and oxygen atoms in total. The van der Waals surface area contributed by atoms with Crippen LogP contribution in [0.3, 0.4) is 0 Å². The van der Waals surface area contributed by atoms with Gasteiger partial charge in [0.1, 0.15) is 5.78 Å². The molecule has 0 bridgehead atoms. The summed E-state index contributed by atoms with van der Waals surface area (Å²) in [6.07, 6.45) is 3.01. The van der Waals surface area contributed by atoms with E-state index in [2.05, 4.69) is 10.6 Å². The number of hydrogen-bond acceptors (Lipinski definition) is 7. The van der Waals surface area contributed by atoms with E-state index >= 15 is 0 Å². The molecule has 0 spiro atoms. The number of Topliss-reactive ketones (excluding diaryl/α,β-unsaturated/α-hetero) is 1. The van der Waals surface area contributed by atoms with E-state index in [-0.39, 0.29) is 66.4 Å². The maximum absolute atomic E-state index is 12.4. The van der Waals surface area contributed by atoms with Crippen LogP contribution in [-0.2, 0) is 28.8 Å². The molecule has 2 saturated heterocycles. The standard InChI is InChI=1S/C23H36N4O6/c1-15-13-20(30)26(22(15)32)11-5-4-7-18(28)17(24-3)8-9-19(29)25-10-6-12-27-21(31)14-16(2)23(27)33/h15-17,24H,4-14H2,1-3H3,(H,25,29)/t15-,16-,17+/m1/s1. The van der Waals surface area contributed by atoms with Crippen LogP contribution >= 0.6 is 0 Å². The Kier molecular flexibility index (Phi) is 10.1. The van der Waals surface area contributed by atoms with Crippen molar-refractivity contribution in [3.05, 3.63) is 0 Å². The molecule has 0 aliphatic carbocycles. The minimum atomic E-state index is -0.438. The number of likely N-dealkylation sites (N-methyl/N-ethyl adjacent to an activating group) is 1. The first kappa shape index (κ1) is 26.6. The predicted octanol–water partition coefficient (Wildman–Crippen LogP) is 0.390. The van der Waals surface area contributed by atoms with E-state index < -0.39 is 6.04 Å². The van der Waals surface area contributed by atoms with E-state index in [0.29, 0.717) is 51.7 Å². The third-order valence-electron chi connectivity index (χ3n) is 6.27. The van der Waals surface area contributed by atoms with Crippen molar-refractivity contribution < 1.29 is 28.8 Å². The van der Waals surface area contributed by atoms with Gasteiger partial charge in [-0.3, -0.25) is 38.6 Å². The molecule has 0 saturated carbocycles. The van der Waals surface area contributed by atoms with Crippen molar-refractivity contribution in [1.82, 2.24) is 20.4 Å². The van der Waals surface area contributed by atoms with Gasteiger partial charge in [0.05, 0.1) is 6.04 Å². The fraction of sp³-hybridized carbons (Fsp3) is 0.739. The largest absolute Gasteiger partial charge is 0.356 e.